The van der Waals surface area contributed by atoms with Gasteiger partial charge in [-0.25, -0.2) is 0 Å². The number of ether oxygens (including phenoxy) is 1. The lowest BCUT2D eigenvalue weighted by Crippen LogP contribution is -2.26. The average Bonchev–Trinajstić information content (AvgIpc) is 2.47. The maximum atomic E-state index is 5.30. The first kappa shape index (κ1) is 11.5. The van der Waals surface area contributed by atoms with Crippen LogP contribution in [-0.4, -0.2) is 20.2 Å². The fraction of sp³-hybridized carbons (Fsp3) is 0.375. The Morgan fingerprint density at radius 3 is 2.72 bits per heavy atom. The van der Waals surface area contributed by atoms with Crippen LogP contribution in [0.4, 0.5) is 0 Å². The standard InChI is InChI=1S/C16H19NO/c1-18-14-5-6-16-13(11-14)3-2-4-15(16)12-7-9-17-10-8-12/h2-6,11-12,17H,7-10H2,1H3. The molecule has 0 saturated carbocycles. The largest absolute Gasteiger partial charge is 0.497 e. The average molecular weight is 241 g/mol. The Hall–Kier alpha value is -1.54. The highest BCUT2D eigenvalue weighted by molar-refractivity contribution is 5.87. The molecule has 3 rings (SSSR count). The summed E-state index contributed by atoms with van der Waals surface area (Å²) >= 11 is 0. The molecular weight excluding hydrogens is 222 g/mol. The predicted molar refractivity (Wildman–Crippen MR) is 75.3 cm³/mol. The van der Waals surface area contributed by atoms with Gasteiger partial charge in [0.05, 0.1) is 7.11 Å². The quantitative estimate of drug-likeness (QED) is 0.871. The van der Waals surface area contributed by atoms with Crippen molar-refractivity contribution >= 4 is 10.8 Å². The first-order valence-electron chi connectivity index (χ1n) is 6.66. The summed E-state index contributed by atoms with van der Waals surface area (Å²) in [5, 5.41) is 6.09. The molecule has 0 aromatic heterocycles. The molecule has 0 bridgehead atoms. The van der Waals surface area contributed by atoms with E-state index in [1.807, 2.05) is 0 Å². The summed E-state index contributed by atoms with van der Waals surface area (Å²) in [5.41, 5.74) is 1.50. The molecule has 0 radical (unpaired) electrons. The lowest BCUT2D eigenvalue weighted by Gasteiger charge is -2.24. The van der Waals surface area contributed by atoms with Crippen LogP contribution < -0.4 is 10.1 Å². The molecule has 0 aliphatic carbocycles. The highest BCUT2D eigenvalue weighted by Gasteiger charge is 2.17. The number of hydrogen-bond acceptors (Lipinski definition) is 2. The molecule has 2 nitrogen and oxygen atoms in total. The lowest BCUT2D eigenvalue weighted by atomic mass is 9.87. The van der Waals surface area contributed by atoms with Crippen molar-refractivity contribution in [2.24, 2.45) is 0 Å². The Kier molecular flexibility index (Phi) is 3.20. The van der Waals surface area contributed by atoms with Crippen LogP contribution in [0, 0.1) is 0 Å². The van der Waals surface area contributed by atoms with Crippen molar-refractivity contribution in [1.29, 1.82) is 0 Å². The smallest absolute Gasteiger partial charge is 0.119 e. The Labute approximate surface area is 108 Å². The van der Waals surface area contributed by atoms with Crippen LogP contribution in [0.3, 0.4) is 0 Å². The van der Waals surface area contributed by atoms with Crippen molar-refractivity contribution in [3.05, 3.63) is 42.0 Å². The van der Waals surface area contributed by atoms with E-state index in [1.165, 1.54) is 29.2 Å². The molecule has 0 amide bonds. The third-order valence-corrected chi connectivity index (χ3v) is 3.90. The van der Waals surface area contributed by atoms with E-state index in [2.05, 4.69) is 41.7 Å². The minimum Gasteiger partial charge on any atom is -0.497 e. The Bertz CT molecular complexity index is 544. The number of piperidine rings is 1. The third kappa shape index (κ3) is 2.08. The number of rotatable bonds is 2. The number of hydrogen-bond donors (Lipinski definition) is 1. The zero-order chi connectivity index (χ0) is 12.4. The van der Waals surface area contributed by atoms with Gasteiger partial charge < -0.3 is 10.1 Å². The normalized spacial score (nSPS) is 16.9. The fourth-order valence-corrected chi connectivity index (χ4v) is 2.90. The van der Waals surface area contributed by atoms with E-state index in [4.69, 9.17) is 4.74 Å². The molecule has 2 heteroatoms. The molecule has 0 spiro atoms. The molecule has 94 valence electrons. The first-order valence-corrected chi connectivity index (χ1v) is 6.66. The van der Waals surface area contributed by atoms with Crippen LogP contribution in [0.25, 0.3) is 10.8 Å². The maximum Gasteiger partial charge on any atom is 0.119 e. The second-order valence-electron chi connectivity index (χ2n) is 4.96. The molecule has 1 N–H and O–H groups in total. The molecule has 18 heavy (non-hydrogen) atoms. The number of benzene rings is 2. The summed E-state index contributed by atoms with van der Waals surface area (Å²) in [5.74, 6) is 1.63. The van der Waals surface area contributed by atoms with E-state index in [1.54, 1.807) is 7.11 Å². The molecule has 2 aromatic rings. The zero-order valence-electron chi connectivity index (χ0n) is 10.8. The SMILES string of the molecule is COc1ccc2c(C3CCNCC3)cccc2c1. The zero-order valence-corrected chi connectivity index (χ0v) is 10.8. The molecule has 1 fully saturated rings. The van der Waals surface area contributed by atoms with Gasteiger partial charge in [0.15, 0.2) is 0 Å². The molecule has 0 unspecified atom stereocenters. The summed E-state index contributed by atoms with van der Waals surface area (Å²) in [6.45, 7) is 2.27. The summed E-state index contributed by atoms with van der Waals surface area (Å²) in [6.07, 6.45) is 2.48. The Morgan fingerprint density at radius 2 is 1.94 bits per heavy atom. The second kappa shape index (κ2) is 4.99. The summed E-state index contributed by atoms with van der Waals surface area (Å²) in [6, 6.07) is 13.0. The van der Waals surface area contributed by atoms with Crippen molar-refractivity contribution in [1.82, 2.24) is 5.32 Å². The van der Waals surface area contributed by atoms with Gasteiger partial charge in [0.25, 0.3) is 0 Å². The minimum absolute atomic E-state index is 0.698. The minimum atomic E-state index is 0.698. The van der Waals surface area contributed by atoms with Gasteiger partial charge in [-0.2, -0.15) is 0 Å². The van der Waals surface area contributed by atoms with Crippen molar-refractivity contribution in [3.8, 4) is 5.75 Å². The summed E-state index contributed by atoms with van der Waals surface area (Å²) in [4.78, 5) is 0. The molecular formula is C16H19NO. The topological polar surface area (TPSA) is 21.3 Å². The summed E-state index contributed by atoms with van der Waals surface area (Å²) < 4.78 is 5.30. The van der Waals surface area contributed by atoms with Gasteiger partial charge in [0, 0.05) is 0 Å². The highest BCUT2D eigenvalue weighted by atomic mass is 16.5. The molecule has 1 aliphatic rings. The van der Waals surface area contributed by atoms with Crippen LogP contribution in [0.1, 0.15) is 24.3 Å². The third-order valence-electron chi connectivity index (χ3n) is 3.90. The Balaban J connectivity index is 2.05. The number of fused-ring (bicyclic) bond motifs is 1. The van der Waals surface area contributed by atoms with Crippen molar-refractivity contribution in [2.45, 2.75) is 18.8 Å². The predicted octanol–water partition coefficient (Wildman–Crippen LogP) is 3.32. The van der Waals surface area contributed by atoms with Gasteiger partial charge in [-0.05, 0) is 60.3 Å². The fourth-order valence-electron chi connectivity index (χ4n) is 2.90. The number of nitrogens with one attached hydrogen (secondary N) is 1. The highest BCUT2D eigenvalue weighted by Crippen LogP contribution is 2.32. The van der Waals surface area contributed by atoms with Crippen LogP contribution >= 0.6 is 0 Å². The van der Waals surface area contributed by atoms with E-state index in [9.17, 15) is 0 Å². The van der Waals surface area contributed by atoms with Crippen molar-refractivity contribution in [3.63, 3.8) is 0 Å². The molecule has 2 aromatic carbocycles. The first-order chi connectivity index (χ1) is 8.88. The second-order valence-corrected chi connectivity index (χ2v) is 4.96. The van der Waals surface area contributed by atoms with Gasteiger partial charge >= 0.3 is 0 Å². The molecule has 1 saturated heterocycles. The monoisotopic (exact) mass is 241 g/mol. The van der Waals surface area contributed by atoms with Crippen molar-refractivity contribution in [2.75, 3.05) is 20.2 Å². The molecule has 1 heterocycles. The molecule has 0 atom stereocenters. The van der Waals surface area contributed by atoms with E-state index >= 15 is 0 Å². The number of methoxy groups -OCH3 is 1. The van der Waals surface area contributed by atoms with Gasteiger partial charge in [-0.1, -0.05) is 24.3 Å². The van der Waals surface area contributed by atoms with Crippen LogP contribution in [-0.2, 0) is 0 Å². The van der Waals surface area contributed by atoms with Gasteiger partial charge in [0.2, 0.25) is 0 Å². The van der Waals surface area contributed by atoms with E-state index in [-0.39, 0.29) is 0 Å². The van der Waals surface area contributed by atoms with Gasteiger partial charge in [-0.15, -0.1) is 0 Å². The Morgan fingerprint density at radius 1 is 1.11 bits per heavy atom. The van der Waals surface area contributed by atoms with Gasteiger partial charge in [-0.3, -0.25) is 0 Å². The van der Waals surface area contributed by atoms with E-state index in [0.717, 1.165) is 18.8 Å². The lowest BCUT2D eigenvalue weighted by molar-refractivity contribution is 0.415. The summed E-state index contributed by atoms with van der Waals surface area (Å²) in [7, 11) is 1.72. The van der Waals surface area contributed by atoms with Crippen LogP contribution in [0.5, 0.6) is 5.75 Å². The van der Waals surface area contributed by atoms with Crippen LogP contribution in [0.2, 0.25) is 0 Å². The van der Waals surface area contributed by atoms with E-state index < -0.39 is 0 Å². The van der Waals surface area contributed by atoms with E-state index in [0.29, 0.717) is 5.92 Å². The molecule has 1 aliphatic heterocycles. The van der Waals surface area contributed by atoms with Gasteiger partial charge in [0.1, 0.15) is 5.75 Å². The van der Waals surface area contributed by atoms with Crippen molar-refractivity contribution < 1.29 is 4.74 Å². The maximum absolute atomic E-state index is 5.30. The van der Waals surface area contributed by atoms with Crippen LogP contribution in [0.15, 0.2) is 36.4 Å².